The van der Waals surface area contributed by atoms with Crippen LogP contribution in [0.5, 0.6) is 5.75 Å². The van der Waals surface area contributed by atoms with Crippen LogP contribution in [0.4, 0.5) is 15.8 Å². The van der Waals surface area contributed by atoms with Crippen molar-refractivity contribution in [3.05, 3.63) is 35.8 Å². The van der Waals surface area contributed by atoms with Crippen LogP contribution in [-0.4, -0.2) is 57.0 Å². The zero-order valence-corrected chi connectivity index (χ0v) is 17.7. The van der Waals surface area contributed by atoms with E-state index >= 15 is 4.39 Å². The standard InChI is InChI=1S/C22H31FN4O3/c1-4-15-12-27(16-5-6-16)20-17(14(15)2)11-18(23)21(22(20)30-3)26(9-7-24)10-8-25-19(29)13-28/h11-12,16,28H,2,4-10,13,24H2,1,3H3,(H,25,29). The van der Waals surface area contributed by atoms with Gasteiger partial charge in [-0.25, -0.2) is 4.39 Å². The third-order valence-corrected chi connectivity index (χ3v) is 5.54. The first-order chi connectivity index (χ1) is 14.5. The van der Waals surface area contributed by atoms with Gasteiger partial charge in [0.25, 0.3) is 0 Å². The second kappa shape index (κ2) is 9.49. The summed E-state index contributed by atoms with van der Waals surface area (Å²) in [6.07, 6.45) is 5.09. The van der Waals surface area contributed by atoms with Crippen molar-refractivity contribution in [2.45, 2.75) is 32.2 Å². The number of amides is 1. The Balaban J connectivity index is 2.05. The Bertz CT molecular complexity index is 851. The molecule has 0 aromatic heterocycles. The molecule has 164 valence electrons. The first kappa shape index (κ1) is 22.1. The Morgan fingerprint density at radius 3 is 2.77 bits per heavy atom. The maximum Gasteiger partial charge on any atom is 0.245 e. The Kier molecular flexibility index (Phi) is 6.99. The molecular formula is C22H31FN4O3. The number of halogens is 1. The van der Waals surface area contributed by atoms with E-state index in [-0.39, 0.29) is 6.54 Å². The third kappa shape index (κ3) is 4.29. The summed E-state index contributed by atoms with van der Waals surface area (Å²) in [7, 11) is 1.54. The van der Waals surface area contributed by atoms with E-state index in [2.05, 4.69) is 29.9 Å². The summed E-state index contributed by atoms with van der Waals surface area (Å²) in [4.78, 5) is 15.3. The average Bonchev–Trinajstić information content (AvgIpc) is 3.58. The van der Waals surface area contributed by atoms with Crippen molar-refractivity contribution in [3.63, 3.8) is 0 Å². The van der Waals surface area contributed by atoms with Crippen LogP contribution in [-0.2, 0) is 4.79 Å². The highest BCUT2D eigenvalue weighted by molar-refractivity contribution is 5.94. The summed E-state index contributed by atoms with van der Waals surface area (Å²) in [5.41, 5.74) is 9.60. The highest BCUT2D eigenvalue weighted by Crippen LogP contribution is 2.51. The smallest absolute Gasteiger partial charge is 0.245 e. The number of allylic oxidation sites excluding steroid dienone is 2. The van der Waals surface area contributed by atoms with E-state index in [1.165, 1.54) is 6.07 Å². The van der Waals surface area contributed by atoms with Crippen molar-refractivity contribution in [1.82, 2.24) is 5.32 Å². The molecule has 1 fully saturated rings. The van der Waals surface area contributed by atoms with Crippen molar-refractivity contribution < 1.29 is 19.0 Å². The summed E-state index contributed by atoms with van der Waals surface area (Å²) < 4.78 is 21.2. The number of nitrogens with zero attached hydrogens (tertiary/aromatic N) is 2. The summed E-state index contributed by atoms with van der Waals surface area (Å²) in [5.74, 6) is -0.442. The zero-order valence-electron chi connectivity index (χ0n) is 17.7. The molecule has 8 heteroatoms. The lowest BCUT2D eigenvalue weighted by molar-refractivity contribution is -0.123. The van der Waals surface area contributed by atoms with Gasteiger partial charge in [-0.15, -0.1) is 0 Å². The summed E-state index contributed by atoms with van der Waals surface area (Å²) in [6, 6.07) is 1.90. The molecule has 1 heterocycles. The molecule has 3 rings (SSSR count). The number of ether oxygens (including phenoxy) is 1. The molecule has 0 radical (unpaired) electrons. The number of rotatable bonds is 10. The Hall–Kier alpha value is -2.58. The maximum atomic E-state index is 15.4. The number of methoxy groups -OCH3 is 1. The van der Waals surface area contributed by atoms with Gasteiger partial charge < -0.3 is 30.7 Å². The summed E-state index contributed by atoms with van der Waals surface area (Å²) >= 11 is 0. The first-order valence-corrected chi connectivity index (χ1v) is 10.4. The van der Waals surface area contributed by atoms with Crippen molar-refractivity contribution in [1.29, 1.82) is 0 Å². The predicted octanol–water partition coefficient (Wildman–Crippen LogP) is 2.00. The molecule has 1 aromatic rings. The van der Waals surface area contributed by atoms with E-state index in [0.29, 0.717) is 37.1 Å². The lowest BCUT2D eigenvalue weighted by Gasteiger charge is -2.35. The van der Waals surface area contributed by atoms with Gasteiger partial charge >= 0.3 is 0 Å². The number of nitrogens with two attached hydrogens (primary N) is 1. The van der Waals surface area contributed by atoms with Gasteiger partial charge in [-0.1, -0.05) is 13.5 Å². The molecule has 2 aliphatic rings. The lowest BCUT2D eigenvalue weighted by Crippen LogP contribution is -2.39. The lowest BCUT2D eigenvalue weighted by atomic mass is 9.91. The van der Waals surface area contributed by atoms with E-state index in [1.807, 2.05) is 0 Å². The second-order valence-corrected chi connectivity index (χ2v) is 7.55. The van der Waals surface area contributed by atoms with E-state index in [1.54, 1.807) is 12.0 Å². The van der Waals surface area contributed by atoms with E-state index in [4.69, 9.17) is 15.6 Å². The van der Waals surface area contributed by atoms with Gasteiger partial charge in [-0.3, -0.25) is 4.79 Å². The number of aliphatic hydroxyl groups excluding tert-OH is 1. The molecule has 0 atom stereocenters. The second-order valence-electron chi connectivity index (χ2n) is 7.55. The molecule has 0 bridgehead atoms. The fourth-order valence-electron chi connectivity index (χ4n) is 3.89. The van der Waals surface area contributed by atoms with Gasteiger partial charge in [0.05, 0.1) is 12.8 Å². The third-order valence-electron chi connectivity index (χ3n) is 5.54. The topological polar surface area (TPSA) is 91.1 Å². The fraction of sp³-hybridized carbons (Fsp3) is 0.500. The van der Waals surface area contributed by atoms with Crippen molar-refractivity contribution in [2.75, 3.05) is 49.7 Å². The maximum absolute atomic E-state index is 15.4. The minimum Gasteiger partial charge on any atom is -0.492 e. The van der Waals surface area contributed by atoms with Crippen molar-refractivity contribution in [2.24, 2.45) is 5.73 Å². The van der Waals surface area contributed by atoms with Gasteiger partial charge in [-0.2, -0.15) is 0 Å². The molecule has 4 N–H and O–H groups in total. The minimum atomic E-state index is -0.585. The number of hydrogen-bond acceptors (Lipinski definition) is 6. The molecule has 0 saturated heterocycles. The van der Waals surface area contributed by atoms with Crippen LogP contribution in [0.1, 0.15) is 31.7 Å². The van der Waals surface area contributed by atoms with Gasteiger partial charge in [0.2, 0.25) is 5.91 Å². The molecule has 7 nitrogen and oxygen atoms in total. The van der Waals surface area contributed by atoms with Crippen molar-refractivity contribution >= 4 is 22.9 Å². The van der Waals surface area contributed by atoms with Gasteiger partial charge in [0, 0.05) is 44.0 Å². The molecule has 0 spiro atoms. The van der Waals surface area contributed by atoms with Crippen molar-refractivity contribution in [3.8, 4) is 5.75 Å². The molecule has 1 aliphatic carbocycles. The Labute approximate surface area is 177 Å². The number of carbonyl (C=O) groups excluding carboxylic acids is 1. The average molecular weight is 419 g/mol. The number of anilines is 2. The zero-order chi connectivity index (χ0) is 21.8. The van der Waals surface area contributed by atoms with Gasteiger partial charge in [-0.05, 0) is 36.5 Å². The highest BCUT2D eigenvalue weighted by atomic mass is 19.1. The molecule has 1 amide bonds. The van der Waals surface area contributed by atoms with Crippen LogP contribution in [0, 0.1) is 5.82 Å². The van der Waals surface area contributed by atoms with Crippen LogP contribution in [0.3, 0.4) is 0 Å². The van der Waals surface area contributed by atoms with Gasteiger partial charge in [0.15, 0.2) is 11.6 Å². The molecule has 30 heavy (non-hydrogen) atoms. The van der Waals surface area contributed by atoms with Crippen LogP contribution in [0.25, 0.3) is 5.57 Å². The van der Waals surface area contributed by atoms with Crippen LogP contribution in [0.2, 0.25) is 0 Å². The monoisotopic (exact) mass is 418 g/mol. The summed E-state index contributed by atoms with van der Waals surface area (Å²) in [5, 5.41) is 11.5. The van der Waals surface area contributed by atoms with E-state index < -0.39 is 18.3 Å². The molecular weight excluding hydrogens is 387 g/mol. The SMILES string of the molecule is C=C1C(CC)=CN(C2CC2)c2c1cc(F)c(N(CCN)CCNC(=O)CO)c2OC. The van der Waals surface area contributed by atoms with E-state index in [0.717, 1.165) is 41.7 Å². The van der Waals surface area contributed by atoms with Gasteiger partial charge in [0.1, 0.15) is 12.3 Å². The first-order valence-electron chi connectivity index (χ1n) is 10.4. The van der Waals surface area contributed by atoms with E-state index in [9.17, 15) is 4.79 Å². The molecule has 1 aromatic carbocycles. The Morgan fingerprint density at radius 1 is 1.47 bits per heavy atom. The molecule has 1 saturated carbocycles. The fourth-order valence-corrected chi connectivity index (χ4v) is 3.89. The minimum absolute atomic E-state index is 0.248. The predicted molar refractivity (Wildman–Crippen MR) is 117 cm³/mol. The number of nitrogens with one attached hydrogen (secondary N) is 1. The number of carbonyl (C=O) groups is 1. The normalized spacial score (nSPS) is 15.6. The number of fused-ring (bicyclic) bond motifs is 1. The molecule has 0 unspecified atom stereocenters. The number of hydrogen-bond donors (Lipinski definition) is 3. The van der Waals surface area contributed by atoms with Crippen LogP contribution < -0.4 is 25.6 Å². The highest BCUT2D eigenvalue weighted by Gasteiger charge is 2.37. The Morgan fingerprint density at radius 2 is 2.20 bits per heavy atom. The van der Waals surface area contributed by atoms with Crippen LogP contribution in [0.15, 0.2) is 24.4 Å². The summed E-state index contributed by atoms with van der Waals surface area (Å²) in [6.45, 7) is 6.97. The van der Waals surface area contributed by atoms with Crippen LogP contribution >= 0.6 is 0 Å². The number of benzene rings is 1. The number of aliphatic hydroxyl groups is 1. The molecule has 1 aliphatic heterocycles. The quantitative estimate of drug-likeness (QED) is 0.538. The largest absolute Gasteiger partial charge is 0.492 e.